The Balaban J connectivity index is 0.000000849. The van der Waals surface area contributed by atoms with Gasteiger partial charge in [-0.1, -0.05) is 6.07 Å². The van der Waals surface area contributed by atoms with E-state index in [4.69, 9.17) is 56.8 Å². The number of aliphatic hydroxyl groups excluding tert-OH is 18. The number of rotatable bonds is 8. The van der Waals surface area contributed by atoms with Crippen molar-refractivity contribution >= 4 is 35.4 Å². The average Bonchev–Trinajstić information content (AvgIpc) is 3.41. The zero-order valence-corrected chi connectivity index (χ0v) is 42.1. The van der Waals surface area contributed by atoms with E-state index in [0.717, 1.165) is 0 Å². The molecule has 30 unspecified atom stereocenters. The van der Waals surface area contributed by atoms with Crippen LogP contribution in [-0.4, -0.2) is 350 Å². The third-order valence-electron chi connectivity index (χ3n) is 13.5. The van der Waals surface area contributed by atoms with Crippen LogP contribution >= 0.6 is 0 Å². The number of hydrogen-bond donors (Lipinski definition) is 19. The number of aliphatic hydroxyl groups is 18. The van der Waals surface area contributed by atoms with Crippen LogP contribution in [0.25, 0.3) is 0 Å². The summed E-state index contributed by atoms with van der Waals surface area (Å²) in [6.07, 6.45) is -56.9. The van der Waals surface area contributed by atoms with Crippen molar-refractivity contribution in [1.82, 2.24) is 4.98 Å². The molecule has 22 saturated heterocycles. The molecule has 1 aromatic rings. The van der Waals surface area contributed by atoms with Gasteiger partial charge >= 0.3 is 0 Å². The van der Waals surface area contributed by atoms with E-state index in [1.807, 2.05) is 0 Å². The number of nitrogens with one attached hydrogen (secondary N) is 1. The zero-order chi connectivity index (χ0) is 54.6. The number of pyridine rings is 1. The molecule has 0 saturated carbocycles. The van der Waals surface area contributed by atoms with Gasteiger partial charge in [-0.15, -0.1) is 4.91 Å². The minimum absolute atomic E-state index is 0. The van der Waals surface area contributed by atoms with Crippen molar-refractivity contribution in [2.75, 3.05) is 45.1 Å². The van der Waals surface area contributed by atoms with Crippen LogP contribution in [0, 0.1) is 4.91 Å². The first-order chi connectivity index (χ1) is 35.9. The summed E-state index contributed by atoms with van der Waals surface area (Å²) in [6, 6.07) is 5.18. The van der Waals surface area contributed by atoms with Crippen LogP contribution in [0.4, 0.5) is 5.82 Å². The maximum atomic E-state index is 11.2. The van der Waals surface area contributed by atoms with Crippen molar-refractivity contribution in [2.45, 2.75) is 184 Å². The fourth-order valence-electron chi connectivity index (χ4n) is 9.40. The predicted octanol–water partition coefficient (Wildman–Crippen LogP) is -12.3. The summed E-state index contributed by atoms with van der Waals surface area (Å²) in [4.78, 5) is 13.3. The maximum Gasteiger partial charge on any atom is 0.187 e. The molecule has 35 heteroatoms. The molecular formula is C41H65N3NaO31. The van der Waals surface area contributed by atoms with Crippen LogP contribution in [0.15, 0.2) is 29.7 Å². The molecule has 23 rings (SSSR count). The van der Waals surface area contributed by atoms with Gasteiger partial charge in [0.2, 0.25) is 0 Å². The van der Waals surface area contributed by atoms with E-state index < -0.39 is 224 Å². The fourth-order valence-corrected chi connectivity index (χ4v) is 9.40. The Bertz CT molecular complexity index is 1610. The standard InChI is InChI=1S/C36H60O30.C5H5N3O.Na/c37-1-7-25-13(43)19(49)31(55-7)62-26-8(2-38)57-33(21(51)15(26)45)64-28-10(4-40)59-35(23(53)17(28)47)66-30-12(6-42)60-36(24(54)18(30)48)65-29-11(5-41)58-34(22(52)16(29)46)63-27-9(3-39)56-32(61-25)20(50)14(27)44;9-8-7-5-3-1-2-4-6-5;/h7-54H,1-6H2;1-4H,(H,6,7,9);. The van der Waals surface area contributed by atoms with E-state index in [2.05, 4.69) is 15.7 Å². The number of nitrogens with zero attached hydrogens (tertiary/aromatic N) is 2. The van der Waals surface area contributed by atoms with Crippen LogP contribution in [0.3, 0.4) is 0 Å². The second-order valence-electron chi connectivity index (χ2n) is 18.3. The van der Waals surface area contributed by atoms with Gasteiger partial charge < -0.3 is 149 Å². The largest absolute Gasteiger partial charge is 0.394 e. The Morgan fingerprint density at radius 3 is 0.724 bits per heavy atom. The molecule has 0 amide bonds. The normalized spacial score (nSPS) is 49.1. The van der Waals surface area contributed by atoms with Gasteiger partial charge in [0, 0.05) is 35.8 Å². The van der Waals surface area contributed by atoms with E-state index in [0.29, 0.717) is 5.82 Å². The van der Waals surface area contributed by atoms with E-state index in [1.54, 1.807) is 24.4 Å². The molecule has 1 radical (unpaired) electrons. The molecule has 22 fully saturated rings. The van der Waals surface area contributed by atoms with Crippen molar-refractivity contribution in [3.05, 3.63) is 29.3 Å². The SMILES string of the molecule is O=NNc1ccccn1.OCC1OC2OC3C(CO)OC(OC4C(CO)OC(OC5C(CO)OC(OC6C(CO)OC(OC7C(CO)OC(OC1C(O)C2O)C(O)C7O)C(O)C6O)C(O)C5O)C(O)C4O)C(O)C3O.[Na]. The van der Waals surface area contributed by atoms with E-state index in [-0.39, 0.29) is 29.6 Å². The average molecular weight is 1120 g/mol. The molecule has 0 aromatic carbocycles. The molecule has 0 aliphatic carbocycles. The minimum atomic E-state index is -2.15. The Morgan fingerprint density at radius 1 is 0.355 bits per heavy atom. The van der Waals surface area contributed by atoms with Crippen LogP contribution in [-0.2, 0) is 56.8 Å². The van der Waals surface area contributed by atoms with Gasteiger partial charge in [-0.05, 0) is 12.1 Å². The Hall–Kier alpha value is -1.65. The smallest absolute Gasteiger partial charge is 0.187 e. The zero-order valence-electron chi connectivity index (χ0n) is 40.1. The van der Waals surface area contributed by atoms with Crippen molar-refractivity contribution in [1.29, 1.82) is 0 Å². The minimum Gasteiger partial charge on any atom is -0.394 e. The van der Waals surface area contributed by atoms with Crippen molar-refractivity contribution in [3.8, 4) is 0 Å². The maximum absolute atomic E-state index is 11.2. The molecule has 22 aliphatic rings. The summed E-state index contributed by atoms with van der Waals surface area (Å²) >= 11 is 0. The summed E-state index contributed by atoms with van der Waals surface area (Å²) in [6.45, 7) is -5.99. The number of hydrogen-bond acceptors (Lipinski definition) is 33. The fraction of sp³-hybridized carbons (Fsp3) is 0.878. The van der Waals surface area contributed by atoms with Gasteiger partial charge in [0.05, 0.1) is 44.9 Å². The molecule has 76 heavy (non-hydrogen) atoms. The topological polar surface area (TPSA) is 529 Å². The second-order valence-corrected chi connectivity index (χ2v) is 18.3. The third kappa shape index (κ3) is 13.5. The van der Waals surface area contributed by atoms with Gasteiger partial charge in [0.25, 0.3) is 0 Å². The van der Waals surface area contributed by atoms with Gasteiger partial charge in [0.15, 0.2) is 37.7 Å². The van der Waals surface area contributed by atoms with Crippen molar-refractivity contribution in [3.63, 3.8) is 0 Å². The van der Waals surface area contributed by atoms with E-state index >= 15 is 0 Å². The molecule has 30 atom stereocenters. The van der Waals surface area contributed by atoms with Gasteiger partial charge in [-0.3, -0.25) is 0 Å². The number of nitroso groups, excluding NO2 is 1. The van der Waals surface area contributed by atoms with Crippen molar-refractivity contribution < 1.29 is 149 Å². The van der Waals surface area contributed by atoms with Gasteiger partial charge in [0.1, 0.15) is 152 Å². The van der Waals surface area contributed by atoms with Gasteiger partial charge in [-0.2, -0.15) is 0 Å². The summed E-state index contributed by atoms with van der Waals surface area (Å²) in [5.74, 6) is 0.465. The molecule has 34 nitrogen and oxygen atoms in total. The third-order valence-corrected chi connectivity index (χ3v) is 13.5. The Morgan fingerprint density at radius 2 is 0.566 bits per heavy atom. The number of anilines is 1. The Labute approximate surface area is 451 Å². The molecule has 12 bridgehead atoms. The molecule has 22 aliphatic heterocycles. The predicted molar refractivity (Wildman–Crippen MR) is 235 cm³/mol. The molecule has 19 N–H and O–H groups in total. The first kappa shape index (κ1) is 63.5. The van der Waals surface area contributed by atoms with E-state index in [9.17, 15) is 96.8 Å². The summed E-state index contributed by atoms with van der Waals surface area (Å²) < 4.78 is 67.9. The molecule has 1 aromatic heterocycles. The summed E-state index contributed by atoms with van der Waals surface area (Å²) in [5.41, 5.74) is 2.17. The summed E-state index contributed by atoms with van der Waals surface area (Å²) in [5, 5.41) is 198. The Kier molecular flexibility index (Phi) is 23.7. The summed E-state index contributed by atoms with van der Waals surface area (Å²) in [7, 11) is 0. The second kappa shape index (κ2) is 28.4. The molecule has 0 spiro atoms. The molecule has 23 heterocycles. The first-order valence-electron chi connectivity index (χ1n) is 23.5. The monoisotopic (exact) mass is 1120 g/mol. The quantitative estimate of drug-likeness (QED) is 0.0653. The molecule has 431 valence electrons. The number of aromatic nitrogens is 1. The van der Waals surface area contributed by atoms with Crippen LogP contribution in [0.5, 0.6) is 0 Å². The van der Waals surface area contributed by atoms with E-state index in [1.165, 1.54) is 0 Å². The first-order valence-corrected chi connectivity index (χ1v) is 23.5. The van der Waals surface area contributed by atoms with Crippen molar-refractivity contribution in [2.24, 2.45) is 5.29 Å². The number of ether oxygens (including phenoxy) is 12. The molecular weight excluding hydrogens is 1050 g/mol. The van der Waals surface area contributed by atoms with Gasteiger partial charge in [-0.25, -0.2) is 10.4 Å². The van der Waals surface area contributed by atoms with Crippen LogP contribution in [0.2, 0.25) is 0 Å². The van der Waals surface area contributed by atoms with Crippen LogP contribution in [0.1, 0.15) is 0 Å². The van der Waals surface area contributed by atoms with Crippen LogP contribution < -0.4 is 5.43 Å².